The van der Waals surface area contributed by atoms with Crippen LogP contribution in [0.2, 0.25) is 0 Å². The van der Waals surface area contributed by atoms with Crippen molar-refractivity contribution in [2.75, 3.05) is 11.1 Å². The first-order chi connectivity index (χ1) is 8.69. The van der Waals surface area contributed by atoms with Crippen LogP contribution in [-0.2, 0) is 17.6 Å². The van der Waals surface area contributed by atoms with Crippen molar-refractivity contribution in [3.8, 4) is 0 Å². The van der Waals surface area contributed by atoms with E-state index in [1.54, 1.807) is 18.3 Å². The topological polar surface area (TPSA) is 96.7 Å². The van der Waals surface area contributed by atoms with Gasteiger partial charge in [-0.1, -0.05) is 6.92 Å². The Morgan fingerprint density at radius 1 is 1.44 bits per heavy atom. The van der Waals surface area contributed by atoms with Gasteiger partial charge in [-0.25, -0.2) is 0 Å². The Labute approximate surface area is 105 Å². The van der Waals surface area contributed by atoms with E-state index in [-0.39, 0.29) is 12.3 Å². The molecule has 2 aromatic rings. The fourth-order valence-electron chi connectivity index (χ4n) is 1.58. The minimum Gasteiger partial charge on any atom is -0.397 e. The Morgan fingerprint density at radius 2 is 2.28 bits per heavy atom. The van der Waals surface area contributed by atoms with Gasteiger partial charge in [0.05, 0.1) is 24.5 Å². The smallest absolute Gasteiger partial charge is 0.231 e. The third-order valence-corrected chi connectivity index (χ3v) is 2.55. The van der Waals surface area contributed by atoms with Crippen molar-refractivity contribution in [1.82, 2.24) is 15.2 Å². The predicted octanol–water partition coefficient (Wildman–Crippen LogP) is 1.13. The number of hydrogen-bond acceptors (Lipinski definition) is 4. The molecule has 0 bridgehead atoms. The number of hydrogen-bond donors (Lipinski definition) is 3. The molecule has 2 heterocycles. The maximum absolute atomic E-state index is 11.8. The van der Waals surface area contributed by atoms with Crippen LogP contribution in [0.4, 0.5) is 11.5 Å². The SMILES string of the molecule is CCc1cn[nH]c1NC(=O)Cc1ccc(N)cn1. The summed E-state index contributed by atoms with van der Waals surface area (Å²) in [6.07, 6.45) is 4.27. The van der Waals surface area contributed by atoms with Crippen molar-refractivity contribution >= 4 is 17.4 Å². The zero-order chi connectivity index (χ0) is 13.0. The molecule has 2 aromatic heterocycles. The van der Waals surface area contributed by atoms with Crippen molar-refractivity contribution in [2.24, 2.45) is 0 Å². The Morgan fingerprint density at radius 3 is 2.94 bits per heavy atom. The molecule has 0 saturated heterocycles. The molecule has 0 spiro atoms. The number of pyridine rings is 1. The quantitative estimate of drug-likeness (QED) is 0.752. The van der Waals surface area contributed by atoms with Crippen LogP contribution in [-0.4, -0.2) is 21.1 Å². The molecular formula is C12H15N5O. The van der Waals surface area contributed by atoms with Crippen molar-refractivity contribution in [1.29, 1.82) is 0 Å². The van der Waals surface area contributed by atoms with E-state index in [2.05, 4.69) is 20.5 Å². The molecule has 18 heavy (non-hydrogen) atoms. The molecule has 0 radical (unpaired) electrons. The van der Waals surface area contributed by atoms with Gasteiger partial charge < -0.3 is 11.1 Å². The van der Waals surface area contributed by atoms with Crippen LogP contribution in [0.25, 0.3) is 0 Å². The number of H-pyrrole nitrogens is 1. The number of aromatic nitrogens is 3. The lowest BCUT2D eigenvalue weighted by Crippen LogP contribution is -2.16. The number of aromatic amines is 1. The minimum atomic E-state index is -0.133. The summed E-state index contributed by atoms with van der Waals surface area (Å²) in [4.78, 5) is 15.9. The van der Waals surface area contributed by atoms with Crippen LogP contribution < -0.4 is 11.1 Å². The number of nitrogens with one attached hydrogen (secondary N) is 2. The van der Waals surface area contributed by atoms with Crippen LogP contribution in [0, 0.1) is 0 Å². The third kappa shape index (κ3) is 2.85. The first-order valence-corrected chi connectivity index (χ1v) is 5.71. The van der Waals surface area contributed by atoms with Gasteiger partial charge in [-0.2, -0.15) is 5.10 Å². The molecular weight excluding hydrogens is 230 g/mol. The molecule has 0 aliphatic rings. The predicted molar refractivity (Wildman–Crippen MR) is 68.9 cm³/mol. The Kier molecular flexibility index (Phi) is 3.57. The maximum atomic E-state index is 11.8. The molecule has 0 saturated carbocycles. The van der Waals surface area contributed by atoms with E-state index in [0.717, 1.165) is 12.0 Å². The zero-order valence-electron chi connectivity index (χ0n) is 10.1. The Balaban J connectivity index is 1.99. The minimum absolute atomic E-state index is 0.133. The lowest BCUT2D eigenvalue weighted by molar-refractivity contribution is -0.115. The summed E-state index contributed by atoms with van der Waals surface area (Å²) in [5.74, 6) is 0.518. The lowest BCUT2D eigenvalue weighted by Gasteiger charge is -2.04. The monoisotopic (exact) mass is 245 g/mol. The molecule has 1 amide bonds. The van der Waals surface area contributed by atoms with E-state index in [1.807, 2.05) is 6.92 Å². The maximum Gasteiger partial charge on any atom is 0.231 e. The van der Waals surface area contributed by atoms with Crippen LogP contribution >= 0.6 is 0 Å². The summed E-state index contributed by atoms with van der Waals surface area (Å²) < 4.78 is 0. The van der Waals surface area contributed by atoms with Crippen molar-refractivity contribution < 1.29 is 4.79 Å². The van der Waals surface area contributed by atoms with Gasteiger partial charge in [0.15, 0.2) is 0 Å². The zero-order valence-corrected chi connectivity index (χ0v) is 10.1. The molecule has 0 atom stereocenters. The second-order valence-electron chi connectivity index (χ2n) is 3.93. The molecule has 6 heteroatoms. The number of aryl methyl sites for hydroxylation is 1. The van der Waals surface area contributed by atoms with Gasteiger partial charge >= 0.3 is 0 Å². The first kappa shape index (κ1) is 12.1. The largest absolute Gasteiger partial charge is 0.397 e. The molecule has 0 fully saturated rings. The highest BCUT2D eigenvalue weighted by molar-refractivity contribution is 5.91. The van der Waals surface area contributed by atoms with Crippen molar-refractivity contribution in [3.63, 3.8) is 0 Å². The van der Waals surface area contributed by atoms with E-state index in [4.69, 9.17) is 5.73 Å². The highest BCUT2D eigenvalue weighted by Gasteiger charge is 2.09. The second kappa shape index (κ2) is 5.31. The Hall–Kier alpha value is -2.37. The van der Waals surface area contributed by atoms with Crippen molar-refractivity contribution in [2.45, 2.75) is 19.8 Å². The van der Waals surface area contributed by atoms with Crippen LogP contribution in [0.3, 0.4) is 0 Å². The van der Waals surface area contributed by atoms with E-state index in [9.17, 15) is 4.79 Å². The van der Waals surface area contributed by atoms with Gasteiger partial charge in [0.25, 0.3) is 0 Å². The van der Waals surface area contributed by atoms with Crippen molar-refractivity contribution in [3.05, 3.63) is 35.8 Å². The van der Waals surface area contributed by atoms with E-state index in [1.165, 1.54) is 6.20 Å². The summed E-state index contributed by atoms with van der Waals surface area (Å²) in [5.41, 5.74) is 7.77. The van der Waals surface area contributed by atoms with Crippen LogP contribution in [0.15, 0.2) is 24.5 Å². The number of anilines is 2. The molecule has 2 rings (SSSR count). The summed E-state index contributed by atoms with van der Waals surface area (Å²) in [6.45, 7) is 2.00. The standard InChI is InChI=1S/C12H15N5O/c1-2-8-6-15-17-12(8)16-11(18)5-10-4-3-9(13)7-14-10/h3-4,6-7H,2,5,13H2,1H3,(H2,15,16,17,18). The fraction of sp³-hybridized carbons (Fsp3) is 0.250. The molecule has 0 unspecified atom stereocenters. The first-order valence-electron chi connectivity index (χ1n) is 5.71. The summed E-state index contributed by atoms with van der Waals surface area (Å²) in [7, 11) is 0. The second-order valence-corrected chi connectivity index (χ2v) is 3.93. The Bertz CT molecular complexity index is 532. The number of nitrogens with two attached hydrogens (primary N) is 1. The average molecular weight is 245 g/mol. The fourth-order valence-corrected chi connectivity index (χ4v) is 1.58. The van der Waals surface area contributed by atoms with Gasteiger partial charge in [-0.3, -0.25) is 14.9 Å². The van der Waals surface area contributed by atoms with E-state index >= 15 is 0 Å². The lowest BCUT2D eigenvalue weighted by atomic mass is 10.2. The van der Waals surface area contributed by atoms with Gasteiger partial charge in [0.1, 0.15) is 5.82 Å². The van der Waals surface area contributed by atoms with Crippen LogP contribution in [0.1, 0.15) is 18.2 Å². The molecule has 4 N–H and O–H groups in total. The van der Waals surface area contributed by atoms with Gasteiger partial charge in [-0.05, 0) is 18.6 Å². The van der Waals surface area contributed by atoms with E-state index in [0.29, 0.717) is 17.2 Å². The average Bonchev–Trinajstić information content (AvgIpc) is 2.79. The summed E-state index contributed by atoms with van der Waals surface area (Å²) in [6, 6.07) is 3.46. The molecule has 0 aromatic carbocycles. The highest BCUT2D eigenvalue weighted by Crippen LogP contribution is 2.11. The highest BCUT2D eigenvalue weighted by atomic mass is 16.1. The number of amides is 1. The van der Waals surface area contributed by atoms with Gasteiger partial charge in [-0.15, -0.1) is 0 Å². The normalized spacial score (nSPS) is 10.3. The summed E-state index contributed by atoms with van der Waals surface area (Å²) in [5, 5.41) is 9.43. The number of nitrogen functional groups attached to an aromatic ring is 1. The van der Waals surface area contributed by atoms with Crippen LogP contribution in [0.5, 0.6) is 0 Å². The molecule has 6 nitrogen and oxygen atoms in total. The number of carbonyl (C=O) groups excluding carboxylic acids is 1. The van der Waals surface area contributed by atoms with Gasteiger partial charge in [0, 0.05) is 11.3 Å². The molecule has 0 aliphatic heterocycles. The molecule has 94 valence electrons. The summed E-state index contributed by atoms with van der Waals surface area (Å²) >= 11 is 0. The number of rotatable bonds is 4. The molecule has 0 aliphatic carbocycles. The number of nitrogens with zero attached hydrogens (tertiary/aromatic N) is 2. The third-order valence-electron chi connectivity index (χ3n) is 2.55. The van der Waals surface area contributed by atoms with E-state index < -0.39 is 0 Å². The number of carbonyl (C=O) groups is 1. The van der Waals surface area contributed by atoms with Gasteiger partial charge in [0.2, 0.25) is 5.91 Å².